The molecule has 2 rings (SSSR count). The molecule has 0 spiro atoms. The highest BCUT2D eigenvalue weighted by Crippen LogP contribution is 2.09. The van der Waals surface area contributed by atoms with Crippen LogP contribution in [-0.2, 0) is 0 Å². The predicted molar refractivity (Wildman–Crippen MR) is 62.7 cm³/mol. The zero-order valence-electron chi connectivity index (χ0n) is 8.97. The van der Waals surface area contributed by atoms with E-state index < -0.39 is 0 Å². The van der Waals surface area contributed by atoms with E-state index in [1.165, 1.54) is 0 Å². The Hall–Kier alpha value is -1.88. The molecule has 0 fully saturated rings. The number of para-hydroxylation sites is 1. The molecule has 0 atom stereocenters. The molecule has 0 saturated carbocycles. The molecule has 1 aromatic carbocycles. The molecule has 0 radical (unpaired) electrons. The summed E-state index contributed by atoms with van der Waals surface area (Å²) < 4.78 is 0. The normalized spacial score (nSPS) is 10.6. The number of hydrogen-bond donors (Lipinski definition) is 2. The lowest BCUT2D eigenvalue weighted by molar-refractivity contribution is 0.303. The first-order valence-corrected chi connectivity index (χ1v) is 5.03. The molecular formula is C11H13N3O2. The number of aliphatic hydroxyl groups excluding tert-OH is 1. The summed E-state index contributed by atoms with van der Waals surface area (Å²) in [5.41, 5.74) is 0.497. The third-order valence-electron chi connectivity index (χ3n) is 2.40. The first-order chi connectivity index (χ1) is 7.72. The molecule has 0 aliphatic rings. The Bertz CT molecular complexity index is 550. The lowest BCUT2D eigenvalue weighted by atomic mass is 10.2. The Morgan fingerprint density at radius 2 is 2.19 bits per heavy atom. The van der Waals surface area contributed by atoms with Crippen molar-refractivity contribution in [2.24, 2.45) is 0 Å². The molecule has 2 N–H and O–H groups in total. The van der Waals surface area contributed by atoms with Crippen LogP contribution < -0.4 is 10.5 Å². The van der Waals surface area contributed by atoms with Crippen molar-refractivity contribution < 1.29 is 5.11 Å². The van der Waals surface area contributed by atoms with Crippen LogP contribution >= 0.6 is 0 Å². The number of likely N-dealkylation sites (N-methyl/N-ethyl adjacent to an activating group) is 1. The second kappa shape index (κ2) is 4.32. The Morgan fingerprint density at radius 1 is 1.44 bits per heavy atom. The highest BCUT2D eigenvalue weighted by Gasteiger charge is 2.06. The number of nitrogens with one attached hydrogen (secondary N) is 1. The summed E-state index contributed by atoms with van der Waals surface area (Å²) >= 11 is 0. The number of aromatic amines is 1. The number of rotatable bonds is 3. The van der Waals surface area contributed by atoms with Crippen LogP contribution in [-0.4, -0.2) is 35.3 Å². The molecule has 84 valence electrons. The summed E-state index contributed by atoms with van der Waals surface area (Å²) in [4.78, 5) is 20.4. The second-order valence-electron chi connectivity index (χ2n) is 3.55. The fourth-order valence-electron chi connectivity index (χ4n) is 1.51. The van der Waals surface area contributed by atoms with Crippen LogP contribution in [0.4, 0.5) is 5.95 Å². The van der Waals surface area contributed by atoms with Gasteiger partial charge in [-0.2, -0.15) is 0 Å². The number of anilines is 1. The minimum absolute atomic E-state index is 0.0209. The molecule has 0 saturated heterocycles. The average Bonchev–Trinajstić information content (AvgIpc) is 2.29. The lowest BCUT2D eigenvalue weighted by Crippen LogP contribution is -2.26. The van der Waals surface area contributed by atoms with Crippen molar-refractivity contribution in [1.29, 1.82) is 0 Å². The molecular weight excluding hydrogens is 206 g/mol. The van der Waals surface area contributed by atoms with E-state index in [2.05, 4.69) is 9.97 Å². The number of fused-ring (bicyclic) bond motifs is 1. The van der Waals surface area contributed by atoms with Gasteiger partial charge in [-0.25, -0.2) is 4.98 Å². The third-order valence-corrected chi connectivity index (χ3v) is 2.40. The lowest BCUT2D eigenvalue weighted by Gasteiger charge is -2.15. The van der Waals surface area contributed by atoms with Gasteiger partial charge < -0.3 is 10.0 Å². The van der Waals surface area contributed by atoms with Gasteiger partial charge in [0.2, 0.25) is 5.95 Å². The Morgan fingerprint density at radius 3 is 2.94 bits per heavy atom. The number of hydrogen-bond acceptors (Lipinski definition) is 4. The maximum Gasteiger partial charge on any atom is 0.260 e. The summed E-state index contributed by atoms with van der Waals surface area (Å²) in [5.74, 6) is 0.470. The van der Waals surface area contributed by atoms with Gasteiger partial charge in [0.25, 0.3) is 5.56 Å². The fraction of sp³-hybridized carbons (Fsp3) is 0.273. The highest BCUT2D eigenvalue weighted by atomic mass is 16.3. The largest absolute Gasteiger partial charge is 0.395 e. The molecule has 1 heterocycles. The van der Waals surface area contributed by atoms with Crippen molar-refractivity contribution >= 4 is 16.9 Å². The Balaban J connectivity index is 2.54. The predicted octanol–water partition coefficient (Wildman–Crippen LogP) is 0.352. The first kappa shape index (κ1) is 10.6. The summed E-state index contributed by atoms with van der Waals surface area (Å²) in [6.07, 6.45) is 0. The van der Waals surface area contributed by atoms with Crippen molar-refractivity contribution in [3.8, 4) is 0 Å². The van der Waals surface area contributed by atoms with E-state index in [0.29, 0.717) is 23.4 Å². The SMILES string of the molecule is CN(CCO)c1nc2ccccc2c(=O)[nH]1. The molecule has 1 aromatic heterocycles. The molecule has 0 aliphatic carbocycles. The molecule has 0 amide bonds. The van der Waals surface area contributed by atoms with Gasteiger partial charge in [0.05, 0.1) is 17.5 Å². The number of benzene rings is 1. The fourth-order valence-corrected chi connectivity index (χ4v) is 1.51. The monoisotopic (exact) mass is 219 g/mol. The van der Waals surface area contributed by atoms with Gasteiger partial charge in [0.1, 0.15) is 0 Å². The van der Waals surface area contributed by atoms with Crippen molar-refractivity contribution in [1.82, 2.24) is 9.97 Å². The molecule has 5 nitrogen and oxygen atoms in total. The smallest absolute Gasteiger partial charge is 0.260 e. The average molecular weight is 219 g/mol. The summed E-state index contributed by atoms with van der Waals surface area (Å²) in [7, 11) is 1.77. The van der Waals surface area contributed by atoms with Gasteiger partial charge in [0, 0.05) is 13.6 Å². The van der Waals surface area contributed by atoms with E-state index in [9.17, 15) is 4.79 Å². The maximum atomic E-state index is 11.7. The van der Waals surface area contributed by atoms with E-state index in [1.807, 2.05) is 6.07 Å². The Kier molecular flexibility index (Phi) is 2.87. The number of nitrogens with zero attached hydrogens (tertiary/aromatic N) is 2. The Labute approximate surface area is 92.4 Å². The number of aliphatic hydroxyl groups is 1. The van der Waals surface area contributed by atoms with Crippen LogP contribution in [0.3, 0.4) is 0 Å². The van der Waals surface area contributed by atoms with Gasteiger partial charge in [-0.15, -0.1) is 0 Å². The first-order valence-electron chi connectivity index (χ1n) is 5.03. The van der Waals surface area contributed by atoms with Crippen LogP contribution in [0.25, 0.3) is 10.9 Å². The zero-order valence-corrected chi connectivity index (χ0v) is 8.97. The minimum atomic E-state index is -0.162. The van der Waals surface area contributed by atoms with Crippen molar-refractivity contribution in [3.05, 3.63) is 34.6 Å². The summed E-state index contributed by atoms with van der Waals surface area (Å²) in [6, 6.07) is 7.17. The van der Waals surface area contributed by atoms with E-state index in [0.717, 1.165) is 0 Å². The van der Waals surface area contributed by atoms with Gasteiger partial charge >= 0.3 is 0 Å². The van der Waals surface area contributed by atoms with Gasteiger partial charge in [-0.3, -0.25) is 9.78 Å². The molecule has 0 bridgehead atoms. The van der Waals surface area contributed by atoms with Gasteiger partial charge in [-0.1, -0.05) is 12.1 Å². The van der Waals surface area contributed by atoms with Crippen molar-refractivity contribution in [2.45, 2.75) is 0 Å². The van der Waals surface area contributed by atoms with Crippen molar-refractivity contribution in [3.63, 3.8) is 0 Å². The van der Waals surface area contributed by atoms with E-state index in [-0.39, 0.29) is 12.2 Å². The summed E-state index contributed by atoms with van der Waals surface area (Å²) in [5, 5.41) is 9.39. The minimum Gasteiger partial charge on any atom is -0.395 e. The maximum absolute atomic E-state index is 11.7. The second-order valence-corrected chi connectivity index (χ2v) is 3.55. The molecule has 2 aromatic rings. The molecule has 0 unspecified atom stereocenters. The topological polar surface area (TPSA) is 69.2 Å². The van der Waals surface area contributed by atoms with Crippen LogP contribution in [0.15, 0.2) is 29.1 Å². The number of aromatic nitrogens is 2. The van der Waals surface area contributed by atoms with Crippen molar-refractivity contribution in [2.75, 3.05) is 25.1 Å². The molecule has 5 heteroatoms. The van der Waals surface area contributed by atoms with Crippen LogP contribution in [0.1, 0.15) is 0 Å². The number of H-pyrrole nitrogens is 1. The standard InChI is InChI=1S/C11H13N3O2/c1-14(6-7-15)11-12-9-5-3-2-4-8(9)10(16)13-11/h2-5,15H,6-7H2,1H3,(H,12,13,16). The van der Waals surface area contributed by atoms with Gasteiger partial charge in [-0.05, 0) is 12.1 Å². The van der Waals surface area contributed by atoms with E-state index in [1.54, 1.807) is 30.1 Å². The van der Waals surface area contributed by atoms with Crippen LogP contribution in [0, 0.1) is 0 Å². The van der Waals surface area contributed by atoms with Crippen LogP contribution in [0.5, 0.6) is 0 Å². The molecule has 16 heavy (non-hydrogen) atoms. The third kappa shape index (κ3) is 1.90. The molecule has 0 aliphatic heterocycles. The highest BCUT2D eigenvalue weighted by molar-refractivity contribution is 5.78. The summed E-state index contributed by atoms with van der Waals surface area (Å²) in [6.45, 7) is 0.453. The zero-order chi connectivity index (χ0) is 11.5. The van der Waals surface area contributed by atoms with E-state index in [4.69, 9.17) is 5.11 Å². The van der Waals surface area contributed by atoms with Crippen LogP contribution in [0.2, 0.25) is 0 Å². The quantitative estimate of drug-likeness (QED) is 0.781. The van der Waals surface area contributed by atoms with E-state index >= 15 is 0 Å². The van der Waals surface area contributed by atoms with Gasteiger partial charge in [0.15, 0.2) is 0 Å².